The highest BCUT2D eigenvalue weighted by atomic mass is 16.2. The molecule has 0 unspecified atom stereocenters. The number of carbonyl (C=O) groups is 2. The highest BCUT2D eigenvalue weighted by Gasteiger charge is 2.21. The van der Waals surface area contributed by atoms with Gasteiger partial charge in [0.2, 0.25) is 5.91 Å². The molecule has 1 aromatic carbocycles. The molecule has 0 saturated heterocycles. The average molecular weight is 275 g/mol. The smallest absolute Gasteiger partial charge is 0.250 e. The van der Waals surface area contributed by atoms with Crippen LogP contribution < -0.4 is 11.1 Å². The van der Waals surface area contributed by atoms with Crippen molar-refractivity contribution < 1.29 is 9.59 Å². The van der Waals surface area contributed by atoms with Gasteiger partial charge in [-0.15, -0.1) is 0 Å². The molecule has 0 aliphatic heterocycles. The number of para-hydroxylation sites is 1. The van der Waals surface area contributed by atoms with Gasteiger partial charge in [-0.3, -0.25) is 14.5 Å². The number of nitrogens with one attached hydrogen (secondary N) is 1. The van der Waals surface area contributed by atoms with E-state index in [1.165, 1.54) is 12.8 Å². The van der Waals surface area contributed by atoms with Crippen LogP contribution in [0.4, 0.5) is 5.69 Å². The monoisotopic (exact) mass is 275 g/mol. The van der Waals surface area contributed by atoms with Crippen LogP contribution in [0.5, 0.6) is 0 Å². The van der Waals surface area contributed by atoms with E-state index >= 15 is 0 Å². The van der Waals surface area contributed by atoms with Crippen LogP contribution in [0, 0.1) is 0 Å². The van der Waals surface area contributed by atoms with E-state index < -0.39 is 5.91 Å². The summed E-state index contributed by atoms with van der Waals surface area (Å²) >= 11 is 0. The molecule has 5 nitrogen and oxygen atoms in total. The van der Waals surface area contributed by atoms with E-state index in [0.29, 0.717) is 23.8 Å². The van der Waals surface area contributed by atoms with E-state index in [0.717, 1.165) is 12.8 Å². The van der Waals surface area contributed by atoms with Gasteiger partial charge in [-0.25, -0.2) is 0 Å². The number of nitrogens with zero attached hydrogens (tertiary/aromatic N) is 1. The van der Waals surface area contributed by atoms with Gasteiger partial charge in [0.05, 0.1) is 17.8 Å². The van der Waals surface area contributed by atoms with Crippen molar-refractivity contribution >= 4 is 17.5 Å². The van der Waals surface area contributed by atoms with Gasteiger partial charge in [0.15, 0.2) is 0 Å². The number of amides is 2. The van der Waals surface area contributed by atoms with Crippen LogP contribution in [0.3, 0.4) is 0 Å². The van der Waals surface area contributed by atoms with Gasteiger partial charge in [0.1, 0.15) is 0 Å². The Hall–Kier alpha value is -1.88. The molecule has 20 heavy (non-hydrogen) atoms. The van der Waals surface area contributed by atoms with E-state index in [1.54, 1.807) is 24.3 Å². The molecule has 1 fully saturated rings. The summed E-state index contributed by atoms with van der Waals surface area (Å²) in [5.74, 6) is -0.654. The Morgan fingerprint density at radius 2 is 1.95 bits per heavy atom. The maximum absolute atomic E-state index is 12.0. The maximum atomic E-state index is 12.0. The molecule has 1 saturated carbocycles. The van der Waals surface area contributed by atoms with Crippen molar-refractivity contribution in [2.75, 3.05) is 18.9 Å². The number of anilines is 1. The number of hydrogen-bond acceptors (Lipinski definition) is 3. The SMILES string of the molecule is CN(CC(=O)Nc1ccccc1C(N)=O)C1CCCC1. The number of benzene rings is 1. The summed E-state index contributed by atoms with van der Waals surface area (Å²) < 4.78 is 0. The molecule has 2 amide bonds. The van der Waals surface area contributed by atoms with Gasteiger partial charge in [0, 0.05) is 6.04 Å². The second-order valence-corrected chi connectivity index (χ2v) is 5.31. The molecule has 5 heteroatoms. The first-order valence-electron chi connectivity index (χ1n) is 6.97. The Morgan fingerprint density at radius 3 is 2.60 bits per heavy atom. The maximum Gasteiger partial charge on any atom is 0.250 e. The third kappa shape index (κ3) is 3.57. The van der Waals surface area contributed by atoms with E-state index in [-0.39, 0.29) is 5.91 Å². The summed E-state index contributed by atoms with van der Waals surface area (Å²) in [7, 11) is 1.97. The average Bonchev–Trinajstić information content (AvgIpc) is 2.92. The van der Waals surface area contributed by atoms with E-state index in [4.69, 9.17) is 5.73 Å². The van der Waals surface area contributed by atoms with E-state index in [1.807, 2.05) is 7.05 Å². The Bertz CT molecular complexity index is 496. The third-order valence-corrected chi connectivity index (χ3v) is 3.81. The van der Waals surface area contributed by atoms with Crippen molar-refractivity contribution in [1.82, 2.24) is 4.90 Å². The molecule has 0 bridgehead atoms. The molecule has 3 N–H and O–H groups in total. The lowest BCUT2D eigenvalue weighted by molar-refractivity contribution is -0.117. The fourth-order valence-electron chi connectivity index (χ4n) is 2.70. The second kappa shape index (κ2) is 6.52. The zero-order valence-corrected chi connectivity index (χ0v) is 11.8. The second-order valence-electron chi connectivity index (χ2n) is 5.31. The standard InChI is InChI=1S/C15H21N3O2/c1-18(11-6-2-3-7-11)10-14(19)17-13-9-5-4-8-12(13)15(16)20/h4-5,8-9,11H,2-3,6-7,10H2,1H3,(H2,16,20)(H,17,19). The lowest BCUT2D eigenvalue weighted by Crippen LogP contribution is -2.36. The van der Waals surface area contributed by atoms with Crippen molar-refractivity contribution in [3.63, 3.8) is 0 Å². The van der Waals surface area contributed by atoms with E-state index in [2.05, 4.69) is 10.2 Å². The van der Waals surface area contributed by atoms with Gasteiger partial charge in [-0.1, -0.05) is 25.0 Å². The molecule has 1 aromatic rings. The first kappa shape index (κ1) is 14.5. The van der Waals surface area contributed by atoms with E-state index in [9.17, 15) is 9.59 Å². The van der Waals surface area contributed by atoms with Crippen LogP contribution in [0.2, 0.25) is 0 Å². The predicted octanol–water partition coefficient (Wildman–Crippen LogP) is 1.60. The van der Waals surface area contributed by atoms with Gasteiger partial charge >= 0.3 is 0 Å². The minimum absolute atomic E-state index is 0.118. The van der Waals surface area contributed by atoms with Gasteiger partial charge in [-0.2, -0.15) is 0 Å². The molecule has 1 aliphatic rings. The highest BCUT2D eigenvalue weighted by Crippen LogP contribution is 2.22. The first-order valence-corrected chi connectivity index (χ1v) is 6.97. The largest absolute Gasteiger partial charge is 0.366 e. The molecule has 0 aromatic heterocycles. The number of rotatable bonds is 5. The molecule has 108 valence electrons. The highest BCUT2D eigenvalue weighted by molar-refractivity contribution is 6.03. The minimum atomic E-state index is -0.537. The van der Waals surface area contributed by atoms with Crippen LogP contribution in [0.25, 0.3) is 0 Å². The summed E-state index contributed by atoms with van der Waals surface area (Å²) in [5.41, 5.74) is 6.10. The summed E-state index contributed by atoms with van der Waals surface area (Å²) in [4.78, 5) is 25.4. The molecule has 0 atom stereocenters. The third-order valence-electron chi connectivity index (χ3n) is 3.81. The zero-order valence-electron chi connectivity index (χ0n) is 11.8. The first-order chi connectivity index (χ1) is 9.58. The lowest BCUT2D eigenvalue weighted by Gasteiger charge is -2.23. The minimum Gasteiger partial charge on any atom is -0.366 e. The number of nitrogens with two attached hydrogens (primary N) is 1. The molecule has 0 heterocycles. The summed E-state index contributed by atoms with van der Waals surface area (Å²) in [6.07, 6.45) is 4.78. The molecule has 1 aliphatic carbocycles. The molecule has 2 rings (SSSR count). The zero-order chi connectivity index (χ0) is 14.5. The lowest BCUT2D eigenvalue weighted by atomic mass is 10.1. The van der Waals surface area contributed by atoms with Gasteiger partial charge in [-0.05, 0) is 32.0 Å². The quantitative estimate of drug-likeness (QED) is 0.857. The Balaban J connectivity index is 1.96. The van der Waals surface area contributed by atoms with Crippen LogP contribution in [-0.2, 0) is 4.79 Å². The van der Waals surface area contributed by atoms with Crippen molar-refractivity contribution in [2.24, 2.45) is 5.73 Å². The predicted molar refractivity (Wildman–Crippen MR) is 78.5 cm³/mol. The number of hydrogen-bond donors (Lipinski definition) is 2. The van der Waals surface area contributed by atoms with Crippen LogP contribution >= 0.6 is 0 Å². The van der Waals surface area contributed by atoms with Gasteiger partial charge < -0.3 is 11.1 Å². The van der Waals surface area contributed by atoms with Gasteiger partial charge in [0.25, 0.3) is 5.91 Å². The number of carbonyl (C=O) groups excluding carboxylic acids is 2. The molecular weight excluding hydrogens is 254 g/mol. The summed E-state index contributed by atoms with van der Waals surface area (Å²) in [6.45, 7) is 0.331. The normalized spacial score (nSPS) is 15.5. The Kier molecular flexibility index (Phi) is 4.74. The number of primary amides is 1. The fraction of sp³-hybridized carbons (Fsp3) is 0.467. The fourth-order valence-corrected chi connectivity index (χ4v) is 2.70. The summed E-state index contributed by atoms with van der Waals surface area (Å²) in [6, 6.07) is 7.28. The molecule has 0 spiro atoms. The van der Waals surface area contributed by atoms with Crippen molar-refractivity contribution in [3.8, 4) is 0 Å². The molecule has 0 radical (unpaired) electrons. The van der Waals surface area contributed by atoms with Crippen molar-refractivity contribution in [3.05, 3.63) is 29.8 Å². The molecular formula is C15H21N3O2. The van der Waals surface area contributed by atoms with Crippen molar-refractivity contribution in [1.29, 1.82) is 0 Å². The van der Waals surface area contributed by atoms with Crippen LogP contribution in [0.1, 0.15) is 36.0 Å². The van der Waals surface area contributed by atoms with Crippen LogP contribution in [0.15, 0.2) is 24.3 Å². The van der Waals surface area contributed by atoms with Crippen molar-refractivity contribution in [2.45, 2.75) is 31.7 Å². The topological polar surface area (TPSA) is 75.4 Å². The Morgan fingerprint density at radius 1 is 1.30 bits per heavy atom. The van der Waals surface area contributed by atoms with Crippen LogP contribution in [-0.4, -0.2) is 36.3 Å². The number of likely N-dealkylation sites (N-methyl/N-ethyl adjacent to an activating group) is 1. The summed E-state index contributed by atoms with van der Waals surface area (Å²) in [5, 5.41) is 2.76. The Labute approximate surface area is 119 Å².